The molecule has 130 valence electrons. The molecule has 0 spiro atoms. The summed E-state index contributed by atoms with van der Waals surface area (Å²) < 4.78 is 21.4. The first kappa shape index (κ1) is 18.7. The van der Waals surface area contributed by atoms with Gasteiger partial charge in [0.15, 0.2) is 6.29 Å². The van der Waals surface area contributed by atoms with Crippen LogP contribution < -0.4 is 0 Å². The lowest BCUT2D eigenvalue weighted by molar-refractivity contribution is -0.330. The first-order valence-corrected chi connectivity index (χ1v) is 8.38. The molecule has 0 aromatic carbocycles. The number of rotatable bonds is 3. The summed E-state index contributed by atoms with van der Waals surface area (Å²) in [7, 11) is 1.36. The summed E-state index contributed by atoms with van der Waals surface area (Å²) in [5.74, 6) is 0. The Kier molecular flexibility index (Phi) is 6.42. The third-order valence-corrected chi connectivity index (χ3v) is 5.12. The van der Waals surface area contributed by atoms with Gasteiger partial charge < -0.3 is 39.4 Å². The van der Waals surface area contributed by atoms with E-state index >= 15 is 0 Å². The maximum absolute atomic E-state index is 10.2. The second-order valence-electron chi connectivity index (χ2n) is 5.67. The van der Waals surface area contributed by atoms with Crippen LogP contribution in [0.25, 0.3) is 0 Å². The van der Waals surface area contributed by atoms with E-state index in [9.17, 15) is 20.4 Å². The number of methoxy groups -OCH3 is 1. The first-order chi connectivity index (χ1) is 10.3. The Hall–Kier alpha value is 0.410. The van der Waals surface area contributed by atoms with Crippen molar-refractivity contribution in [3.8, 4) is 0 Å². The van der Waals surface area contributed by atoms with Crippen LogP contribution >= 0.6 is 22.6 Å². The van der Waals surface area contributed by atoms with Crippen LogP contribution in [0.5, 0.6) is 0 Å². The zero-order chi connectivity index (χ0) is 16.6. The van der Waals surface area contributed by atoms with Crippen molar-refractivity contribution in [2.45, 2.75) is 73.1 Å². The van der Waals surface area contributed by atoms with Gasteiger partial charge in [0.25, 0.3) is 0 Å². The van der Waals surface area contributed by atoms with Crippen LogP contribution in [-0.2, 0) is 18.9 Å². The molecule has 8 nitrogen and oxygen atoms in total. The number of halogens is 1. The van der Waals surface area contributed by atoms with Gasteiger partial charge >= 0.3 is 0 Å². The molecule has 4 N–H and O–H groups in total. The Labute approximate surface area is 142 Å². The van der Waals surface area contributed by atoms with Crippen molar-refractivity contribution < 1.29 is 39.4 Å². The van der Waals surface area contributed by atoms with E-state index in [4.69, 9.17) is 18.9 Å². The van der Waals surface area contributed by atoms with E-state index in [2.05, 4.69) is 0 Å². The quantitative estimate of drug-likeness (QED) is 0.322. The standard InChI is InChI=1S/C13H23IO8/c1-4-6(15)8(17)10(12(14)20-4)22-13-11(19-3)9(18)7(16)5(2)21-13/h4-13,15-18H,1-3H3/t4?,5?,6?,7?,8?,9?,10?,11?,12-,13?/m1/s1. The Morgan fingerprint density at radius 3 is 1.86 bits per heavy atom. The van der Waals surface area contributed by atoms with Gasteiger partial charge in [-0.15, -0.1) is 0 Å². The first-order valence-electron chi connectivity index (χ1n) is 7.13. The van der Waals surface area contributed by atoms with Gasteiger partial charge in [0.1, 0.15) is 40.7 Å². The molecule has 2 fully saturated rings. The van der Waals surface area contributed by atoms with Crippen LogP contribution in [0.3, 0.4) is 0 Å². The molecule has 0 aromatic heterocycles. The summed E-state index contributed by atoms with van der Waals surface area (Å²) in [5.41, 5.74) is 0. The Morgan fingerprint density at radius 2 is 1.32 bits per heavy atom. The van der Waals surface area contributed by atoms with E-state index in [0.29, 0.717) is 0 Å². The number of hydrogen-bond donors (Lipinski definition) is 4. The summed E-state index contributed by atoms with van der Waals surface area (Å²) >= 11 is 1.96. The SMILES string of the molecule is COC1C(OC2C(O)C(O)C(C)O[C@H]2I)OC(C)C(O)C1O. The predicted octanol–water partition coefficient (Wildman–Crippen LogP) is -1.25. The van der Waals surface area contributed by atoms with E-state index in [1.807, 2.05) is 22.6 Å². The normalized spacial score (nSPS) is 53.5. The predicted molar refractivity (Wildman–Crippen MR) is 82.4 cm³/mol. The van der Waals surface area contributed by atoms with Gasteiger partial charge in [0.05, 0.1) is 12.2 Å². The average molecular weight is 434 g/mol. The molecular weight excluding hydrogens is 411 g/mol. The molecular formula is C13H23IO8. The highest BCUT2D eigenvalue weighted by atomic mass is 127. The Balaban J connectivity index is 2.10. The molecule has 2 aliphatic heterocycles. The minimum absolute atomic E-state index is 0.508. The molecule has 9 unspecified atom stereocenters. The van der Waals surface area contributed by atoms with E-state index < -0.39 is 59.2 Å². The van der Waals surface area contributed by atoms with Crippen molar-refractivity contribution in [3.63, 3.8) is 0 Å². The van der Waals surface area contributed by atoms with E-state index in [1.165, 1.54) is 7.11 Å². The van der Waals surface area contributed by atoms with Crippen molar-refractivity contribution in [2.24, 2.45) is 0 Å². The smallest absolute Gasteiger partial charge is 0.187 e. The van der Waals surface area contributed by atoms with Gasteiger partial charge in [-0.3, -0.25) is 0 Å². The molecule has 2 aliphatic rings. The number of aliphatic hydroxyl groups is 4. The van der Waals surface area contributed by atoms with Crippen LogP contribution in [0.2, 0.25) is 0 Å². The minimum atomic E-state index is -1.18. The minimum Gasteiger partial charge on any atom is -0.388 e. The third kappa shape index (κ3) is 3.57. The summed E-state index contributed by atoms with van der Waals surface area (Å²) in [6.45, 7) is 3.26. The Morgan fingerprint density at radius 1 is 0.818 bits per heavy atom. The summed E-state index contributed by atoms with van der Waals surface area (Å²) in [6.07, 6.45) is -8.49. The zero-order valence-corrected chi connectivity index (χ0v) is 14.7. The van der Waals surface area contributed by atoms with Gasteiger partial charge in [0, 0.05) is 7.11 Å². The van der Waals surface area contributed by atoms with Crippen LogP contribution in [0.15, 0.2) is 0 Å². The highest BCUT2D eigenvalue weighted by Gasteiger charge is 2.49. The van der Waals surface area contributed by atoms with Crippen molar-refractivity contribution in [1.29, 1.82) is 0 Å². The van der Waals surface area contributed by atoms with E-state index in [0.717, 1.165) is 0 Å². The van der Waals surface area contributed by atoms with E-state index in [-0.39, 0.29) is 0 Å². The summed E-state index contributed by atoms with van der Waals surface area (Å²) in [4.78, 5) is 0. The maximum Gasteiger partial charge on any atom is 0.187 e. The maximum atomic E-state index is 10.2. The number of hydrogen-bond acceptors (Lipinski definition) is 8. The van der Waals surface area contributed by atoms with Gasteiger partial charge in [-0.1, -0.05) is 0 Å². The molecule has 2 saturated heterocycles. The molecule has 2 rings (SSSR count). The van der Waals surface area contributed by atoms with Gasteiger partial charge in [0.2, 0.25) is 0 Å². The van der Waals surface area contributed by atoms with Crippen molar-refractivity contribution >= 4 is 22.6 Å². The third-order valence-electron chi connectivity index (χ3n) is 4.12. The Bertz CT molecular complexity index is 372. The molecule has 10 atom stereocenters. The molecule has 9 heteroatoms. The lowest BCUT2D eigenvalue weighted by atomic mass is 9.98. The largest absolute Gasteiger partial charge is 0.388 e. The van der Waals surface area contributed by atoms with Gasteiger partial charge in [-0.2, -0.15) is 0 Å². The number of aliphatic hydroxyl groups excluding tert-OH is 4. The van der Waals surface area contributed by atoms with Gasteiger partial charge in [-0.05, 0) is 36.4 Å². The van der Waals surface area contributed by atoms with E-state index in [1.54, 1.807) is 13.8 Å². The highest BCUT2D eigenvalue weighted by Crippen LogP contribution is 2.31. The number of alkyl halides is 1. The summed E-state index contributed by atoms with van der Waals surface area (Å²) in [6, 6.07) is 0. The zero-order valence-electron chi connectivity index (χ0n) is 12.6. The summed E-state index contributed by atoms with van der Waals surface area (Å²) in [5, 5.41) is 40.0. The van der Waals surface area contributed by atoms with Crippen LogP contribution in [0.4, 0.5) is 0 Å². The highest BCUT2D eigenvalue weighted by molar-refractivity contribution is 14.1. The molecule has 0 radical (unpaired) electrons. The number of ether oxygens (including phenoxy) is 4. The molecule has 0 saturated carbocycles. The fourth-order valence-electron chi connectivity index (χ4n) is 2.65. The molecule has 0 aliphatic carbocycles. The molecule has 0 bridgehead atoms. The average Bonchev–Trinajstić information content (AvgIpc) is 2.47. The molecule has 0 amide bonds. The van der Waals surface area contributed by atoms with Crippen LogP contribution in [0.1, 0.15) is 13.8 Å². The fourth-order valence-corrected chi connectivity index (χ4v) is 3.71. The molecule has 2 heterocycles. The molecule has 22 heavy (non-hydrogen) atoms. The topological polar surface area (TPSA) is 118 Å². The van der Waals surface area contributed by atoms with Crippen molar-refractivity contribution in [2.75, 3.05) is 7.11 Å². The molecule has 0 aromatic rings. The lowest BCUT2D eigenvalue weighted by Gasteiger charge is -2.45. The van der Waals surface area contributed by atoms with Gasteiger partial charge in [-0.25, -0.2) is 0 Å². The second-order valence-corrected chi connectivity index (χ2v) is 6.89. The van der Waals surface area contributed by atoms with Crippen LogP contribution in [-0.4, -0.2) is 86.8 Å². The van der Waals surface area contributed by atoms with Crippen molar-refractivity contribution in [1.82, 2.24) is 0 Å². The fraction of sp³-hybridized carbons (Fsp3) is 1.00. The lowest BCUT2D eigenvalue weighted by Crippen LogP contribution is -2.62. The van der Waals surface area contributed by atoms with Crippen molar-refractivity contribution in [3.05, 3.63) is 0 Å². The second kappa shape index (κ2) is 7.53. The van der Waals surface area contributed by atoms with Crippen LogP contribution in [0, 0.1) is 0 Å². The monoisotopic (exact) mass is 434 g/mol.